The van der Waals surface area contributed by atoms with E-state index in [0.29, 0.717) is 16.8 Å². The zero-order chi connectivity index (χ0) is 43.4. The molecule has 0 aliphatic carbocycles. The number of imidazole rings is 1. The SMILES string of the molecule is CC(C)C(=O)Nc1nc2c(ncn2C2OC(CO)C(C)C2OP(OCCC#N)OCC2OC(c3cnn4c(NC(=O)c5ccccc5)ncnc34)C(C)C2O[PH](=O)O)c(=O)[nH]1. The molecule has 324 valence electrons. The lowest BCUT2D eigenvalue weighted by atomic mass is 9.95. The first-order valence-electron chi connectivity index (χ1n) is 19.1. The minimum absolute atomic E-state index is 0.0175. The Labute approximate surface area is 348 Å². The average Bonchev–Trinajstić information content (AvgIpc) is 4.01. The maximum atomic E-state index is 13.0. The predicted octanol–water partition coefficient (Wildman–Crippen LogP) is 3.03. The molecule has 1 aromatic carbocycles. The van der Waals surface area contributed by atoms with Gasteiger partial charge >= 0.3 is 16.9 Å². The highest BCUT2D eigenvalue weighted by atomic mass is 31.2. The second kappa shape index (κ2) is 19.3. The molecule has 0 bridgehead atoms. The number of benzene rings is 1. The van der Waals surface area contributed by atoms with Gasteiger partial charge in [0.05, 0.1) is 57.0 Å². The summed E-state index contributed by atoms with van der Waals surface area (Å²) in [5.74, 6) is -2.28. The number of nitrogens with zero attached hydrogens (tertiary/aromatic N) is 8. The number of aromatic amines is 1. The minimum Gasteiger partial charge on any atom is -0.394 e. The standard InChI is InChI=1S/C36H43N11O12P2/c1-18(2)31(49)43-35-42-30-25(33(51)44-35)40-17-46(30)34-28(19(3)23(14-48)57-34)59-61(54-12-8-11-37)55-15-24-27(58-60(52)53)20(4)26(56-24)22-13-41-47-29(22)38-16-39-36(47)45-32(50)21-9-6-5-7-10-21/h5-7,9-10,13,16-20,23-24,26-28,34,48,60H,8,12,14-15H2,1-4H3,(H,52,53)(H,38,39,45,50)(H2,42,43,44,49,51). The van der Waals surface area contributed by atoms with Crippen LogP contribution in [-0.2, 0) is 36.9 Å². The molecular formula is C36H43N11O12P2. The third-order valence-corrected chi connectivity index (χ3v) is 11.8. The van der Waals surface area contributed by atoms with Crippen LogP contribution in [0.1, 0.15) is 62.4 Å². The number of hydrogen-bond donors (Lipinski definition) is 5. The number of aliphatic hydroxyl groups is 1. The van der Waals surface area contributed by atoms with Crippen LogP contribution in [-0.4, -0.2) is 105 Å². The van der Waals surface area contributed by atoms with Gasteiger partial charge in [0.1, 0.15) is 24.6 Å². The van der Waals surface area contributed by atoms with Gasteiger partial charge in [-0.3, -0.25) is 39.1 Å². The molecule has 61 heavy (non-hydrogen) atoms. The molecule has 2 aliphatic heterocycles. The van der Waals surface area contributed by atoms with Crippen LogP contribution in [0, 0.1) is 29.1 Å². The van der Waals surface area contributed by atoms with E-state index in [2.05, 4.69) is 40.7 Å². The third kappa shape index (κ3) is 9.54. The van der Waals surface area contributed by atoms with Gasteiger partial charge in [0.15, 0.2) is 23.0 Å². The zero-order valence-electron chi connectivity index (χ0n) is 33.1. The number of aromatic nitrogens is 8. The van der Waals surface area contributed by atoms with Crippen LogP contribution in [0.2, 0.25) is 0 Å². The molecule has 10 unspecified atom stereocenters. The first-order chi connectivity index (χ1) is 29.4. The molecule has 0 saturated carbocycles. The number of carbonyl (C=O) groups is 2. The Hall–Kier alpha value is -5.11. The number of nitrogens with one attached hydrogen (secondary N) is 3. The predicted molar refractivity (Wildman–Crippen MR) is 214 cm³/mol. The minimum atomic E-state index is -3.49. The van der Waals surface area contributed by atoms with E-state index < -0.39 is 89.4 Å². The number of H-pyrrole nitrogens is 1. The van der Waals surface area contributed by atoms with Crippen molar-refractivity contribution in [3.05, 3.63) is 70.7 Å². The Morgan fingerprint density at radius 3 is 2.57 bits per heavy atom. The van der Waals surface area contributed by atoms with Gasteiger partial charge in [-0.25, -0.2) is 15.0 Å². The zero-order valence-corrected chi connectivity index (χ0v) is 35.0. The van der Waals surface area contributed by atoms with E-state index in [1.54, 1.807) is 58.0 Å². The number of nitriles is 1. The van der Waals surface area contributed by atoms with Crippen LogP contribution in [0.25, 0.3) is 16.8 Å². The number of ether oxygens (including phenoxy) is 2. The van der Waals surface area contributed by atoms with E-state index in [-0.39, 0.29) is 48.6 Å². The molecule has 7 rings (SSSR count). The molecule has 10 atom stereocenters. The fourth-order valence-electron chi connectivity index (χ4n) is 6.93. The van der Waals surface area contributed by atoms with Crippen LogP contribution in [0.4, 0.5) is 11.9 Å². The van der Waals surface area contributed by atoms with Crippen LogP contribution >= 0.6 is 16.9 Å². The molecule has 6 heterocycles. The Kier molecular flexibility index (Phi) is 13.9. The van der Waals surface area contributed by atoms with Crippen molar-refractivity contribution >= 4 is 57.4 Å². The van der Waals surface area contributed by atoms with E-state index >= 15 is 0 Å². The Bertz CT molecular complexity index is 2480. The number of rotatable bonds is 17. The van der Waals surface area contributed by atoms with Crippen LogP contribution in [0.3, 0.4) is 0 Å². The fraction of sp³-hybridized carbons (Fsp3) is 0.472. The molecule has 5 aromatic rings. The topological polar surface area (TPSA) is 302 Å². The summed E-state index contributed by atoms with van der Waals surface area (Å²) in [4.78, 5) is 68.0. The lowest BCUT2D eigenvalue weighted by Gasteiger charge is -2.27. The van der Waals surface area contributed by atoms with Crippen molar-refractivity contribution in [2.45, 2.75) is 70.9 Å². The van der Waals surface area contributed by atoms with Crippen LogP contribution < -0.4 is 16.2 Å². The number of carbonyl (C=O) groups excluding carboxylic acids is 2. The lowest BCUT2D eigenvalue weighted by Crippen LogP contribution is -2.31. The van der Waals surface area contributed by atoms with Crippen molar-refractivity contribution in [3.63, 3.8) is 0 Å². The first-order valence-corrected chi connectivity index (χ1v) is 21.5. The van der Waals surface area contributed by atoms with Gasteiger partial charge in [-0.05, 0) is 12.1 Å². The van der Waals surface area contributed by atoms with Gasteiger partial charge in [0, 0.05) is 28.9 Å². The average molecular weight is 884 g/mol. The lowest BCUT2D eigenvalue weighted by molar-refractivity contribution is -0.118. The van der Waals surface area contributed by atoms with E-state index in [1.165, 1.54) is 27.9 Å². The highest BCUT2D eigenvalue weighted by molar-refractivity contribution is 7.41. The van der Waals surface area contributed by atoms with E-state index in [9.17, 15) is 34.2 Å². The van der Waals surface area contributed by atoms with Crippen LogP contribution in [0.15, 0.2) is 54.0 Å². The molecule has 2 saturated heterocycles. The number of amides is 2. The van der Waals surface area contributed by atoms with E-state index in [1.807, 2.05) is 6.07 Å². The monoisotopic (exact) mass is 883 g/mol. The maximum Gasteiger partial charge on any atom is 0.333 e. The van der Waals surface area contributed by atoms with Crippen LogP contribution in [0.5, 0.6) is 0 Å². The molecule has 2 aliphatic rings. The number of aliphatic hydroxyl groups excluding tert-OH is 1. The molecule has 5 N–H and O–H groups in total. The van der Waals surface area contributed by atoms with Gasteiger partial charge in [-0.2, -0.15) is 19.9 Å². The Balaban J connectivity index is 1.12. The summed E-state index contributed by atoms with van der Waals surface area (Å²) in [6.07, 6.45) is -1.42. The Morgan fingerprint density at radius 1 is 1.07 bits per heavy atom. The summed E-state index contributed by atoms with van der Waals surface area (Å²) in [5, 5.41) is 29.2. The number of hydrogen-bond acceptors (Lipinski definition) is 17. The molecule has 4 aromatic heterocycles. The quantitative estimate of drug-likeness (QED) is 0.0662. The van der Waals surface area contributed by atoms with Gasteiger partial charge in [-0.1, -0.05) is 45.9 Å². The summed E-state index contributed by atoms with van der Waals surface area (Å²) in [5.41, 5.74) is 0.580. The highest BCUT2D eigenvalue weighted by Crippen LogP contribution is 2.50. The summed E-state index contributed by atoms with van der Waals surface area (Å²) in [7, 11) is -5.83. The summed E-state index contributed by atoms with van der Waals surface area (Å²) >= 11 is 0. The van der Waals surface area contributed by atoms with Gasteiger partial charge in [0.25, 0.3) is 11.5 Å². The van der Waals surface area contributed by atoms with E-state index in [4.69, 9.17) is 27.6 Å². The first kappa shape index (κ1) is 44.0. The van der Waals surface area contributed by atoms with Gasteiger partial charge < -0.3 is 37.6 Å². The molecule has 23 nitrogen and oxygen atoms in total. The highest BCUT2D eigenvalue weighted by Gasteiger charge is 2.48. The van der Waals surface area contributed by atoms with Crippen molar-refractivity contribution < 1.29 is 51.7 Å². The van der Waals surface area contributed by atoms with Crippen molar-refractivity contribution in [2.24, 2.45) is 17.8 Å². The van der Waals surface area contributed by atoms with Gasteiger partial charge in [-0.15, -0.1) is 0 Å². The third-order valence-electron chi connectivity index (χ3n) is 10.1. The number of anilines is 2. The van der Waals surface area contributed by atoms with Crippen molar-refractivity contribution in [2.75, 3.05) is 30.5 Å². The molecule has 0 spiro atoms. The summed E-state index contributed by atoms with van der Waals surface area (Å²) < 4.78 is 51.7. The normalized spacial score (nSPS) is 24.9. The van der Waals surface area contributed by atoms with E-state index in [0.717, 1.165) is 0 Å². The Morgan fingerprint density at radius 2 is 1.85 bits per heavy atom. The summed E-state index contributed by atoms with van der Waals surface area (Å²) in [6, 6.07) is 10.6. The smallest absolute Gasteiger partial charge is 0.333 e. The van der Waals surface area contributed by atoms with Gasteiger partial charge in [0.2, 0.25) is 17.8 Å². The second-order valence-corrected chi connectivity index (χ2v) is 16.4. The molecule has 2 amide bonds. The molecule has 25 heteroatoms. The fourth-order valence-corrected chi connectivity index (χ4v) is 8.73. The molecular weight excluding hydrogens is 840 g/mol. The van der Waals surface area contributed by atoms with Crippen molar-refractivity contribution in [1.82, 2.24) is 39.1 Å². The molecule has 2 fully saturated rings. The summed E-state index contributed by atoms with van der Waals surface area (Å²) in [6.45, 7) is 6.12. The van der Waals surface area contributed by atoms with Crippen molar-refractivity contribution in [1.29, 1.82) is 5.26 Å². The second-order valence-electron chi connectivity index (χ2n) is 14.5. The maximum absolute atomic E-state index is 13.0. The molecule has 0 radical (unpaired) electrons. The largest absolute Gasteiger partial charge is 0.394 e. The number of fused-ring (bicyclic) bond motifs is 2. The van der Waals surface area contributed by atoms with Crippen molar-refractivity contribution in [3.8, 4) is 6.07 Å².